The smallest absolute Gasteiger partial charge is 0.234 e. The standard InChI is InChI=1S/C23H20ClN5O2S/c1-15-11-12-20(25-13-15)29-22(16-7-3-6-10-19(16)31-2)27-28-23(29)32-14-21(30)26-18-9-5-4-8-17(18)24/h3-13H,14H2,1-2H3,(H,26,30). The molecule has 0 aliphatic carbocycles. The molecule has 0 radical (unpaired) electrons. The van der Waals surface area contributed by atoms with E-state index in [9.17, 15) is 4.79 Å². The van der Waals surface area contributed by atoms with Gasteiger partial charge in [-0.15, -0.1) is 10.2 Å². The van der Waals surface area contributed by atoms with Gasteiger partial charge in [-0.3, -0.25) is 9.36 Å². The predicted octanol–water partition coefficient (Wildman–Crippen LogP) is 5.03. The molecule has 4 rings (SSSR count). The quantitative estimate of drug-likeness (QED) is 0.385. The van der Waals surface area contributed by atoms with Crippen LogP contribution in [0.5, 0.6) is 5.75 Å². The molecule has 1 N–H and O–H groups in total. The van der Waals surface area contributed by atoms with Crippen LogP contribution in [0, 0.1) is 6.92 Å². The largest absolute Gasteiger partial charge is 0.496 e. The van der Waals surface area contributed by atoms with Gasteiger partial charge in [0.1, 0.15) is 11.6 Å². The molecule has 7 nitrogen and oxygen atoms in total. The first-order valence-corrected chi connectivity index (χ1v) is 11.1. The Balaban J connectivity index is 1.65. The lowest BCUT2D eigenvalue weighted by atomic mass is 10.2. The highest BCUT2D eigenvalue weighted by Gasteiger charge is 2.20. The Morgan fingerprint density at radius 3 is 2.62 bits per heavy atom. The second-order valence-corrected chi connectivity index (χ2v) is 8.20. The summed E-state index contributed by atoms with van der Waals surface area (Å²) in [7, 11) is 1.61. The van der Waals surface area contributed by atoms with Crippen molar-refractivity contribution in [2.75, 3.05) is 18.2 Å². The van der Waals surface area contributed by atoms with Crippen LogP contribution in [0.15, 0.2) is 72.0 Å². The van der Waals surface area contributed by atoms with Gasteiger partial charge in [0.25, 0.3) is 0 Å². The number of carbonyl (C=O) groups excluding carboxylic acids is 1. The second kappa shape index (κ2) is 9.84. The average Bonchev–Trinajstić information content (AvgIpc) is 3.23. The number of nitrogens with one attached hydrogen (secondary N) is 1. The summed E-state index contributed by atoms with van der Waals surface area (Å²) in [5.41, 5.74) is 2.38. The maximum atomic E-state index is 12.5. The molecule has 0 saturated carbocycles. The Morgan fingerprint density at radius 2 is 1.88 bits per heavy atom. The van der Waals surface area contributed by atoms with Crippen LogP contribution < -0.4 is 10.1 Å². The molecule has 0 spiro atoms. The lowest BCUT2D eigenvalue weighted by Crippen LogP contribution is -2.15. The van der Waals surface area contributed by atoms with Gasteiger partial charge in [0.05, 0.1) is 29.1 Å². The summed E-state index contributed by atoms with van der Waals surface area (Å²) in [6.45, 7) is 1.97. The van der Waals surface area contributed by atoms with E-state index in [2.05, 4.69) is 20.5 Å². The van der Waals surface area contributed by atoms with Crippen LogP contribution in [-0.2, 0) is 4.79 Å². The third-order valence-electron chi connectivity index (χ3n) is 4.59. The predicted molar refractivity (Wildman–Crippen MR) is 127 cm³/mol. The molecule has 0 bridgehead atoms. The van der Waals surface area contributed by atoms with Crippen molar-refractivity contribution < 1.29 is 9.53 Å². The number of carbonyl (C=O) groups is 1. The first-order chi connectivity index (χ1) is 15.6. The molecule has 0 aliphatic heterocycles. The zero-order valence-electron chi connectivity index (χ0n) is 17.4. The maximum Gasteiger partial charge on any atom is 0.234 e. The van der Waals surface area contributed by atoms with E-state index in [1.165, 1.54) is 11.8 Å². The Hall–Kier alpha value is -3.36. The minimum atomic E-state index is -0.201. The van der Waals surface area contributed by atoms with Crippen LogP contribution in [0.2, 0.25) is 5.02 Å². The van der Waals surface area contributed by atoms with E-state index in [-0.39, 0.29) is 11.7 Å². The fraction of sp³-hybridized carbons (Fsp3) is 0.130. The number of aromatic nitrogens is 4. The number of aryl methyl sites for hydroxylation is 1. The number of hydrogen-bond acceptors (Lipinski definition) is 6. The highest BCUT2D eigenvalue weighted by Crippen LogP contribution is 2.33. The van der Waals surface area contributed by atoms with Crippen LogP contribution in [0.1, 0.15) is 5.56 Å². The second-order valence-electron chi connectivity index (χ2n) is 6.85. The number of rotatable bonds is 7. The van der Waals surface area contributed by atoms with E-state index in [4.69, 9.17) is 16.3 Å². The van der Waals surface area contributed by atoms with Crippen molar-refractivity contribution in [3.8, 4) is 23.0 Å². The van der Waals surface area contributed by atoms with Crippen LogP contribution in [-0.4, -0.2) is 38.5 Å². The van der Waals surface area contributed by atoms with Gasteiger partial charge in [-0.25, -0.2) is 4.98 Å². The summed E-state index contributed by atoms with van der Waals surface area (Å²) in [5, 5.41) is 12.6. The molecule has 0 aliphatic rings. The number of hydrogen-bond donors (Lipinski definition) is 1. The molecule has 0 saturated heterocycles. The number of methoxy groups -OCH3 is 1. The Kier molecular flexibility index (Phi) is 6.72. The van der Waals surface area contributed by atoms with Gasteiger partial charge < -0.3 is 10.1 Å². The molecular weight excluding hydrogens is 446 g/mol. The Morgan fingerprint density at radius 1 is 1.09 bits per heavy atom. The average molecular weight is 466 g/mol. The Labute approximate surface area is 194 Å². The number of pyridine rings is 1. The molecule has 0 fully saturated rings. The summed E-state index contributed by atoms with van der Waals surface area (Å²) in [5.74, 6) is 1.82. The van der Waals surface area contributed by atoms with Gasteiger partial charge in [-0.05, 0) is 42.8 Å². The van der Waals surface area contributed by atoms with Gasteiger partial charge >= 0.3 is 0 Å². The van der Waals surface area contributed by atoms with Crippen molar-refractivity contribution in [2.24, 2.45) is 0 Å². The highest BCUT2D eigenvalue weighted by atomic mass is 35.5. The Bertz CT molecular complexity index is 1240. The molecule has 2 aromatic heterocycles. The molecule has 32 heavy (non-hydrogen) atoms. The maximum absolute atomic E-state index is 12.5. The molecular formula is C23H20ClN5O2S. The van der Waals surface area contributed by atoms with Crippen molar-refractivity contribution >= 4 is 35.0 Å². The third-order valence-corrected chi connectivity index (χ3v) is 5.84. The van der Waals surface area contributed by atoms with E-state index >= 15 is 0 Å². The summed E-state index contributed by atoms with van der Waals surface area (Å²) in [6, 6.07) is 18.5. The van der Waals surface area contributed by atoms with Crippen molar-refractivity contribution in [2.45, 2.75) is 12.1 Å². The van der Waals surface area contributed by atoms with Gasteiger partial charge in [-0.2, -0.15) is 0 Å². The van der Waals surface area contributed by atoms with Crippen molar-refractivity contribution in [3.63, 3.8) is 0 Å². The summed E-state index contributed by atoms with van der Waals surface area (Å²) in [4.78, 5) is 17.1. The van der Waals surface area contributed by atoms with E-state index in [1.807, 2.05) is 60.0 Å². The summed E-state index contributed by atoms with van der Waals surface area (Å²) < 4.78 is 7.33. The van der Waals surface area contributed by atoms with Crippen LogP contribution in [0.4, 0.5) is 5.69 Å². The molecule has 1 amide bonds. The lowest BCUT2D eigenvalue weighted by molar-refractivity contribution is -0.113. The SMILES string of the molecule is COc1ccccc1-c1nnc(SCC(=O)Nc2ccccc2Cl)n1-c1ccc(C)cn1. The summed E-state index contributed by atoms with van der Waals surface area (Å²) in [6.07, 6.45) is 1.78. The van der Waals surface area contributed by atoms with E-state index in [1.54, 1.807) is 25.4 Å². The number of ether oxygens (including phenoxy) is 1. The van der Waals surface area contributed by atoms with Crippen LogP contribution >= 0.6 is 23.4 Å². The van der Waals surface area contributed by atoms with E-state index in [0.29, 0.717) is 33.3 Å². The minimum absolute atomic E-state index is 0.126. The monoisotopic (exact) mass is 465 g/mol. The molecule has 2 heterocycles. The number of amides is 1. The normalized spacial score (nSPS) is 10.7. The first-order valence-electron chi connectivity index (χ1n) is 9.76. The summed E-state index contributed by atoms with van der Waals surface area (Å²) >= 11 is 7.40. The van der Waals surface area contributed by atoms with Gasteiger partial charge in [0.2, 0.25) is 5.91 Å². The number of para-hydroxylation sites is 2. The van der Waals surface area contributed by atoms with Crippen LogP contribution in [0.25, 0.3) is 17.2 Å². The van der Waals surface area contributed by atoms with Gasteiger partial charge in [0, 0.05) is 6.20 Å². The fourth-order valence-electron chi connectivity index (χ4n) is 3.05. The molecule has 162 valence electrons. The van der Waals surface area contributed by atoms with E-state index < -0.39 is 0 Å². The highest BCUT2D eigenvalue weighted by molar-refractivity contribution is 7.99. The van der Waals surface area contributed by atoms with Crippen LogP contribution in [0.3, 0.4) is 0 Å². The molecule has 0 unspecified atom stereocenters. The molecule has 9 heteroatoms. The number of anilines is 1. The molecule has 2 aromatic carbocycles. The van der Waals surface area contributed by atoms with E-state index in [0.717, 1.165) is 11.1 Å². The lowest BCUT2D eigenvalue weighted by Gasteiger charge is -2.12. The molecule has 4 aromatic rings. The number of halogens is 1. The minimum Gasteiger partial charge on any atom is -0.496 e. The number of thioether (sulfide) groups is 1. The van der Waals surface area contributed by atoms with Gasteiger partial charge in [-0.1, -0.05) is 53.7 Å². The van der Waals surface area contributed by atoms with Crippen molar-refractivity contribution in [1.29, 1.82) is 0 Å². The topological polar surface area (TPSA) is 81.9 Å². The zero-order valence-corrected chi connectivity index (χ0v) is 19.0. The van der Waals surface area contributed by atoms with Crippen molar-refractivity contribution in [1.82, 2.24) is 19.7 Å². The number of nitrogens with zero attached hydrogens (tertiary/aromatic N) is 4. The van der Waals surface area contributed by atoms with Gasteiger partial charge in [0.15, 0.2) is 11.0 Å². The first kappa shape index (κ1) is 21.9. The molecule has 0 atom stereocenters. The zero-order chi connectivity index (χ0) is 22.5. The fourth-order valence-corrected chi connectivity index (χ4v) is 3.97. The van der Waals surface area contributed by atoms with Crippen molar-refractivity contribution in [3.05, 3.63) is 77.4 Å². The number of benzene rings is 2. The third kappa shape index (κ3) is 4.76.